The molecular formula is C8H12N2P2. The maximum absolute atomic E-state index is 4.39. The van der Waals surface area contributed by atoms with Crippen LogP contribution in [0.2, 0.25) is 0 Å². The first-order valence-corrected chi connectivity index (χ1v) is 7.33. The van der Waals surface area contributed by atoms with Crippen LogP contribution in [0.15, 0.2) is 33.6 Å². The van der Waals surface area contributed by atoms with Crippen molar-refractivity contribution in [2.24, 2.45) is 9.77 Å². The monoisotopic (exact) mass is 198 g/mol. The highest BCUT2D eigenvalue weighted by Crippen LogP contribution is 2.50. The molecule has 0 aromatic heterocycles. The molecule has 0 aromatic rings. The molecule has 0 N–H and O–H groups in total. The van der Waals surface area contributed by atoms with Crippen molar-refractivity contribution < 1.29 is 0 Å². The minimum atomic E-state index is -0.201. The van der Waals surface area contributed by atoms with Gasteiger partial charge in [0.05, 0.1) is 16.1 Å². The maximum Gasteiger partial charge on any atom is 0.0641 e. The third-order valence-corrected chi connectivity index (χ3v) is 5.20. The number of nitrogens with zero attached hydrogens (tertiary/aromatic N) is 2. The van der Waals surface area contributed by atoms with Crippen LogP contribution in [-0.2, 0) is 0 Å². The second kappa shape index (κ2) is 4.25. The Balaban J connectivity index is 1.84. The van der Waals surface area contributed by atoms with Gasteiger partial charge < -0.3 is 0 Å². The van der Waals surface area contributed by atoms with Gasteiger partial charge in [0.25, 0.3) is 0 Å². The summed E-state index contributed by atoms with van der Waals surface area (Å²) in [7, 11) is -0.402. The van der Waals surface area contributed by atoms with E-state index in [1.165, 1.54) is 25.2 Å². The fourth-order valence-corrected chi connectivity index (χ4v) is 4.24. The molecule has 0 amide bonds. The molecule has 2 aliphatic rings. The van der Waals surface area contributed by atoms with E-state index in [1.807, 2.05) is 0 Å². The zero-order valence-corrected chi connectivity index (χ0v) is 8.72. The van der Waals surface area contributed by atoms with Gasteiger partial charge in [0.2, 0.25) is 0 Å². The van der Waals surface area contributed by atoms with E-state index in [0.717, 1.165) is 0 Å². The van der Waals surface area contributed by atoms with Crippen LogP contribution < -0.4 is 0 Å². The fraction of sp³-hybridized carbons (Fsp3) is 0.500. The Labute approximate surface area is 75.5 Å². The van der Waals surface area contributed by atoms with Crippen molar-refractivity contribution in [2.45, 2.75) is 12.8 Å². The second-order valence-corrected chi connectivity index (χ2v) is 6.46. The van der Waals surface area contributed by atoms with Crippen molar-refractivity contribution >= 4 is 16.1 Å². The third-order valence-electron chi connectivity index (χ3n) is 1.87. The molecule has 2 unspecified atom stereocenters. The third kappa shape index (κ3) is 2.21. The Morgan fingerprint density at radius 1 is 0.833 bits per heavy atom. The van der Waals surface area contributed by atoms with E-state index in [1.54, 1.807) is 0 Å². The fourth-order valence-electron chi connectivity index (χ4n) is 1.21. The smallest absolute Gasteiger partial charge is 0.0641 e. The van der Waals surface area contributed by atoms with E-state index in [-0.39, 0.29) is 16.1 Å². The Hall–Kier alpha value is -0.0600. The molecule has 2 nitrogen and oxygen atoms in total. The Kier molecular flexibility index (Phi) is 3.03. The zero-order chi connectivity index (χ0) is 8.23. The van der Waals surface area contributed by atoms with Gasteiger partial charge in [-0.1, -0.05) is 12.2 Å². The molecule has 0 fully saturated rings. The molecule has 0 aliphatic carbocycles. The van der Waals surface area contributed by atoms with Crippen LogP contribution in [-0.4, -0.2) is 12.3 Å². The van der Waals surface area contributed by atoms with Crippen LogP contribution in [0.4, 0.5) is 0 Å². The molecule has 4 heteroatoms. The first-order valence-electron chi connectivity index (χ1n) is 4.23. The van der Waals surface area contributed by atoms with Gasteiger partial charge >= 0.3 is 0 Å². The van der Waals surface area contributed by atoms with Gasteiger partial charge in [-0.25, -0.2) is 0 Å². The molecule has 2 rings (SSSR count). The molecule has 0 saturated heterocycles. The quantitative estimate of drug-likeness (QED) is 0.472. The van der Waals surface area contributed by atoms with Gasteiger partial charge in [-0.05, 0) is 36.8 Å². The molecule has 2 atom stereocenters. The van der Waals surface area contributed by atoms with Crippen molar-refractivity contribution in [2.75, 3.05) is 12.3 Å². The normalized spacial score (nSPS) is 34.0. The summed E-state index contributed by atoms with van der Waals surface area (Å²) in [4.78, 5) is 8.77. The Morgan fingerprint density at radius 2 is 1.33 bits per heavy atom. The van der Waals surface area contributed by atoms with Crippen LogP contribution in [0.3, 0.4) is 0 Å². The standard InChI is InChI=1S/C8H12N2P2/c1-2-6-11(5-1)9-10-12-7-3-4-8-12/h1,3,5,7H,2,4,6,8H2/b10-9+. The van der Waals surface area contributed by atoms with Gasteiger partial charge in [-0.3, -0.25) is 0 Å². The van der Waals surface area contributed by atoms with Crippen LogP contribution in [0, 0.1) is 0 Å². The van der Waals surface area contributed by atoms with Crippen molar-refractivity contribution in [3.8, 4) is 0 Å². The molecule has 0 aromatic carbocycles. The van der Waals surface area contributed by atoms with Crippen LogP contribution in [0.1, 0.15) is 12.8 Å². The van der Waals surface area contributed by atoms with E-state index in [9.17, 15) is 0 Å². The SMILES string of the molecule is C1=CP(/N=N/P2C=CCC2)CC1. The van der Waals surface area contributed by atoms with E-state index < -0.39 is 0 Å². The molecule has 64 valence electrons. The summed E-state index contributed by atoms with van der Waals surface area (Å²) in [6.45, 7) is 0. The van der Waals surface area contributed by atoms with E-state index >= 15 is 0 Å². The molecule has 0 spiro atoms. The number of hydrogen-bond donors (Lipinski definition) is 0. The summed E-state index contributed by atoms with van der Waals surface area (Å²) in [6.07, 6.45) is 9.32. The van der Waals surface area contributed by atoms with Crippen LogP contribution in [0.25, 0.3) is 0 Å². The zero-order valence-electron chi connectivity index (χ0n) is 6.93. The summed E-state index contributed by atoms with van der Waals surface area (Å²) >= 11 is 0. The minimum Gasteiger partial charge on any atom is -0.163 e. The van der Waals surface area contributed by atoms with Gasteiger partial charge in [0.15, 0.2) is 0 Å². The number of allylic oxidation sites excluding steroid dienone is 2. The van der Waals surface area contributed by atoms with Gasteiger partial charge in [-0.15, -0.1) is 0 Å². The summed E-state index contributed by atoms with van der Waals surface area (Å²) in [6, 6.07) is 0. The van der Waals surface area contributed by atoms with Crippen LogP contribution >= 0.6 is 16.1 Å². The summed E-state index contributed by atoms with van der Waals surface area (Å²) < 4.78 is 0. The molecular weight excluding hydrogens is 186 g/mol. The van der Waals surface area contributed by atoms with Gasteiger partial charge in [0.1, 0.15) is 0 Å². The lowest BCUT2D eigenvalue weighted by molar-refractivity contribution is 1.24. The first kappa shape index (κ1) is 8.53. The average Bonchev–Trinajstić information content (AvgIpc) is 2.74. The maximum atomic E-state index is 4.39. The Bertz CT molecular complexity index is 211. The molecule has 0 saturated carbocycles. The van der Waals surface area contributed by atoms with Crippen molar-refractivity contribution in [1.82, 2.24) is 0 Å². The lowest BCUT2D eigenvalue weighted by Crippen LogP contribution is -1.68. The molecule has 2 aliphatic heterocycles. The predicted octanol–water partition coefficient (Wildman–Crippen LogP) is 4.07. The van der Waals surface area contributed by atoms with E-state index in [2.05, 4.69) is 33.6 Å². The largest absolute Gasteiger partial charge is 0.163 e. The number of hydrogen-bond acceptors (Lipinski definition) is 2. The number of rotatable bonds is 2. The molecule has 0 radical (unpaired) electrons. The lowest BCUT2D eigenvalue weighted by atomic mass is 10.5. The molecule has 0 bridgehead atoms. The summed E-state index contributed by atoms with van der Waals surface area (Å²) in [5.41, 5.74) is 0. The summed E-state index contributed by atoms with van der Waals surface area (Å²) in [5.74, 6) is 4.46. The molecule has 2 heterocycles. The topological polar surface area (TPSA) is 24.7 Å². The van der Waals surface area contributed by atoms with Crippen LogP contribution in [0.5, 0.6) is 0 Å². The molecule has 12 heavy (non-hydrogen) atoms. The highest BCUT2D eigenvalue weighted by molar-refractivity contribution is 7.62. The average molecular weight is 198 g/mol. The van der Waals surface area contributed by atoms with Gasteiger partial charge in [-0.2, -0.15) is 9.77 Å². The van der Waals surface area contributed by atoms with Crippen molar-refractivity contribution in [3.05, 3.63) is 23.8 Å². The lowest BCUT2D eigenvalue weighted by Gasteiger charge is -2.00. The van der Waals surface area contributed by atoms with Crippen molar-refractivity contribution in [1.29, 1.82) is 0 Å². The van der Waals surface area contributed by atoms with Crippen molar-refractivity contribution in [3.63, 3.8) is 0 Å². The highest BCUT2D eigenvalue weighted by Gasteiger charge is 2.10. The summed E-state index contributed by atoms with van der Waals surface area (Å²) in [5, 5.41) is 0. The first-order chi connectivity index (χ1) is 5.95. The highest BCUT2D eigenvalue weighted by atomic mass is 31.1. The second-order valence-electron chi connectivity index (χ2n) is 2.85. The Morgan fingerprint density at radius 3 is 1.67 bits per heavy atom. The van der Waals surface area contributed by atoms with E-state index in [4.69, 9.17) is 0 Å². The minimum absolute atomic E-state index is 0.201. The predicted molar refractivity (Wildman–Crippen MR) is 55.9 cm³/mol. The van der Waals surface area contributed by atoms with Gasteiger partial charge in [0, 0.05) is 0 Å². The van der Waals surface area contributed by atoms with E-state index in [0.29, 0.717) is 0 Å².